The number of hydrogen-bond acceptors (Lipinski definition) is 6. The molecule has 1 aromatic carbocycles. The Hall–Kier alpha value is -1.25. The molecule has 0 saturated heterocycles. The first kappa shape index (κ1) is 21.7. The molecule has 0 atom stereocenters. The van der Waals surface area contributed by atoms with Crippen LogP contribution in [0.25, 0.3) is 0 Å². The van der Waals surface area contributed by atoms with Crippen LogP contribution in [0.15, 0.2) is 44.7 Å². The van der Waals surface area contributed by atoms with Crippen LogP contribution in [0.1, 0.15) is 12.5 Å². The van der Waals surface area contributed by atoms with E-state index in [0.717, 1.165) is 5.56 Å². The molecule has 0 aliphatic rings. The molecule has 1 radical (unpaired) electrons. The average Bonchev–Trinajstić information content (AvgIpc) is 2.53. The van der Waals surface area contributed by atoms with Gasteiger partial charge < -0.3 is 35.9 Å². The Morgan fingerprint density at radius 1 is 0.913 bits per heavy atom. The van der Waals surface area contributed by atoms with Crippen LogP contribution in [0.3, 0.4) is 0 Å². The first-order chi connectivity index (χ1) is 10.5. The second kappa shape index (κ2) is 11.3. The fourth-order valence-electron chi connectivity index (χ4n) is 1.31. The number of nitrogens with one attached hydrogen (secondary N) is 2. The number of benzene rings is 1. The van der Waals surface area contributed by atoms with Crippen LogP contribution >= 0.6 is 11.6 Å². The number of rotatable bonds is 4. The summed E-state index contributed by atoms with van der Waals surface area (Å²) in [7, 11) is 3.34. The Labute approximate surface area is 162 Å². The quantitative estimate of drug-likeness (QED) is 0.257. The molecule has 0 aliphatic carbocycles. The van der Waals surface area contributed by atoms with Crippen LogP contribution in [0, 0.1) is 0 Å². The van der Waals surface area contributed by atoms with E-state index in [9.17, 15) is 0 Å². The predicted octanol–water partition coefficient (Wildman–Crippen LogP) is 1.66. The molecule has 0 unspecified atom stereocenters. The topological polar surface area (TPSA) is 73.5 Å². The van der Waals surface area contributed by atoms with Crippen molar-refractivity contribution in [1.82, 2.24) is 10.6 Å². The van der Waals surface area contributed by atoms with Gasteiger partial charge in [-0.05, 0) is 29.4 Å². The summed E-state index contributed by atoms with van der Waals surface area (Å²) in [6, 6.07) is 7.14. The minimum absolute atomic E-state index is 0. The van der Waals surface area contributed by atoms with Crippen LogP contribution in [0.4, 0.5) is 0 Å². The summed E-state index contributed by atoms with van der Waals surface area (Å²) < 4.78 is 0. The number of nitrogens with zero attached hydrogens (tertiary/aromatic N) is 4. The third kappa shape index (κ3) is 7.71. The van der Waals surface area contributed by atoms with Gasteiger partial charge in [0.25, 0.3) is 0 Å². The molecule has 0 aliphatic heterocycles. The van der Waals surface area contributed by atoms with Crippen LogP contribution in [-0.2, 0) is 42.3 Å². The molecule has 0 fully saturated rings. The molecule has 0 bridgehead atoms. The summed E-state index contributed by atoms with van der Waals surface area (Å²) in [5.74, 6) is 0. The van der Waals surface area contributed by atoms with E-state index in [2.05, 4.69) is 31.0 Å². The van der Waals surface area contributed by atoms with Crippen molar-refractivity contribution in [2.75, 3.05) is 14.1 Å². The van der Waals surface area contributed by atoms with E-state index in [1.54, 1.807) is 33.2 Å². The van der Waals surface area contributed by atoms with Crippen molar-refractivity contribution in [2.45, 2.75) is 6.92 Å². The maximum Gasteiger partial charge on any atom is 2.00 e. The van der Waals surface area contributed by atoms with Crippen molar-refractivity contribution in [2.24, 2.45) is 20.4 Å². The third-order valence-electron chi connectivity index (χ3n) is 2.42. The number of amidine groups is 2. The van der Waals surface area contributed by atoms with E-state index < -0.39 is 0 Å². The molecule has 10 heteroatoms. The van der Waals surface area contributed by atoms with E-state index in [0.29, 0.717) is 16.4 Å². The van der Waals surface area contributed by atoms with Crippen molar-refractivity contribution >= 4 is 58.6 Å². The van der Waals surface area contributed by atoms with E-state index in [1.807, 2.05) is 12.1 Å². The Balaban J connectivity index is 0.00000484. The van der Waals surface area contributed by atoms with Gasteiger partial charge >= 0.3 is 17.1 Å². The Bertz CT molecular complexity index is 628. The van der Waals surface area contributed by atoms with Gasteiger partial charge in [-0.25, -0.2) is 0 Å². The summed E-state index contributed by atoms with van der Waals surface area (Å²) in [5.41, 5.74) is 1.86. The zero-order chi connectivity index (χ0) is 16.5. The van der Waals surface area contributed by atoms with Gasteiger partial charge in [0.1, 0.15) is 5.71 Å². The average molecular weight is 418 g/mol. The second-order valence-corrected chi connectivity index (χ2v) is 5.16. The normalized spacial score (nSPS) is 13.4. The van der Waals surface area contributed by atoms with Gasteiger partial charge in [-0.15, -0.1) is 5.10 Å². The fraction of sp³-hybridized carbons (Fsp3) is 0.231. The van der Waals surface area contributed by atoms with Gasteiger partial charge in [0.15, 0.2) is 0 Å². The minimum atomic E-state index is 0. The molecule has 0 spiro atoms. The van der Waals surface area contributed by atoms with Crippen molar-refractivity contribution in [3.63, 3.8) is 0 Å². The fourth-order valence-corrected chi connectivity index (χ4v) is 1.52. The Morgan fingerprint density at radius 3 is 1.87 bits per heavy atom. The maximum atomic E-state index is 5.90. The summed E-state index contributed by atoms with van der Waals surface area (Å²) in [4.78, 5) is 0. The first-order valence-corrected chi connectivity index (χ1v) is 7.41. The van der Waals surface area contributed by atoms with Crippen molar-refractivity contribution in [1.29, 1.82) is 0 Å². The zero-order valence-electron chi connectivity index (χ0n) is 12.6. The van der Waals surface area contributed by atoms with Gasteiger partial charge in [-0.3, -0.25) is 0 Å². The Kier molecular flexibility index (Phi) is 10.7. The standard InChI is InChI=1S/C13H17ClN6S2.Cu/c1-8(17-19-12(21)15-2)11(18-20-13(22)16-3)9-4-6-10(14)7-5-9;/h4-7H,1-3H3,(H2,15,19,21)(H2,16,20,22);/q;+2/p-2/b17-8+,18-11-;. The molecule has 6 nitrogen and oxygen atoms in total. The number of halogens is 1. The summed E-state index contributed by atoms with van der Waals surface area (Å²) in [6.45, 7) is 1.76. The first-order valence-electron chi connectivity index (χ1n) is 6.21. The predicted molar refractivity (Wildman–Crippen MR) is 98.8 cm³/mol. The molecule has 0 heterocycles. The molecule has 0 saturated carbocycles. The largest absolute Gasteiger partial charge is 2.00 e. The molecule has 0 amide bonds. The third-order valence-corrected chi connectivity index (χ3v) is 3.24. The van der Waals surface area contributed by atoms with E-state index in [-0.39, 0.29) is 27.4 Å². The van der Waals surface area contributed by atoms with Gasteiger partial charge in [0, 0.05) is 24.7 Å². The maximum absolute atomic E-state index is 5.90. The van der Waals surface area contributed by atoms with Crippen LogP contribution < -0.4 is 10.6 Å². The smallest absolute Gasteiger partial charge is 0.741 e. The van der Waals surface area contributed by atoms with Gasteiger partial charge in [-0.2, -0.15) is 15.3 Å². The molecule has 1 aromatic rings. The van der Waals surface area contributed by atoms with Crippen LogP contribution in [0.5, 0.6) is 0 Å². The van der Waals surface area contributed by atoms with E-state index >= 15 is 0 Å². The van der Waals surface area contributed by atoms with Gasteiger partial charge in [-0.1, -0.05) is 23.7 Å². The van der Waals surface area contributed by atoms with Crippen molar-refractivity contribution in [3.05, 3.63) is 34.9 Å². The van der Waals surface area contributed by atoms with Gasteiger partial charge in [0.05, 0.1) is 5.71 Å². The van der Waals surface area contributed by atoms with E-state index in [1.165, 1.54) is 0 Å². The van der Waals surface area contributed by atoms with Crippen molar-refractivity contribution in [3.8, 4) is 0 Å². The molecule has 2 N–H and O–H groups in total. The molecule has 1 rings (SSSR count). The molecular weight excluding hydrogens is 403 g/mol. The zero-order valence-corrected chi connectivity index (χ0v) is 15.9. The summed E-state index contributed by atoms with van der Waals surface area (Å²) in [5, 5.41) is 22.6. The summed E-state index contributed by atoms with van der Waals surface area (Å²) >= 11 is 15.8. The second-order valence-electron chi connectivity index (χ2n) is 3.95. The monoisotopic (exact) mass is 417 g/mol. The van der Waals surface area contributed by atoms with E-state index in [4.69, 9.17) is 36.9 Å². The van der Waals surface area contributed by atoms with Gasteiger partial charge in [0.2, 0.25) is 0 Å². The molecule has 23 heavy (non-hydrogen) atoms. The van der Waals surface area contributed by atoms with Crippen molar-refractivity contribution < 1.29 is 17.1 Å². The number of hydrogen-bond donors (Lipinski definition) is 2. The molecule has 0 aromatic heterocycles. The molecule has 127 valence electrons. The molecular formula is C13H15ClCuN6S2. The minimum Gasteiger partial charge on any atom is -0.741 e. The van der Waals surface area contributed by atoms with Crippen LogP contribution in [-0.4, -0.2) is 35.9 Å². The summed E-state index contributed by atoms with van der Waals surface area (Å²) in [6.07, 6.45) is 0. The SMILES string of the molecule is CN/C([S-])=N/N=C(C)/C(=N/N=C(\[S-])NC)c1ccc(Cl)cc1.[Cu+2]. The Morgan fingerprint density at radius 2 is 1.39 bits per heavy atom. The van der Waals surface area contributed by atoms with Crippen LogP contribution in [0.2, 0.25) is 5.02 Å².